The topological polar surface area (TPSA) is 42.1 Å². The quantitative estimate of drug-likeness (QED) is 0.902. The van der Waals surface area contributed by atoms with Gasteiger partial charge in [-0.05, 0) is 35.4 Å². The van der Waals surface area contributed by atoms with E-state index in [0.29, 0.717) is 6.54 Å². The predicted octanol–water partition coefficient (Wildman–Crippen LogP) is 2.76. The Labute approximate surface area is 111 Å². The van der Waals surface area contributed by atoms with Crippen LogP contribution in [-0.4, -0.2) is 11.5 Å². The molecular weight excluding hydrogens is 246 g/mol. The zero-order valence-electron chi connectivity index (χ0n) is 9.88. The molecule has 0 saturated heterocycles. The van der Waals surface area contributed by atoms with Crippen molar-refractivity contribution in [2.75, 3.05) is 11.4 Å². The highest BCUT2D eigenvalue weighted by atomic mass is 35.5. The largest absolute Gasteiger partial charge is 0.358 e. The molecule has 2 heterocycles. The number of pyridine rings is 1. The first-order valence-corrected chi connectivity index (χ1v) is 6.32. The van der Waals surface area contributed by atoms with Crippen molar-refractivity contribution in [1.29, 1.82) is 0 Å². The SMILES string of the molecule is NCC1c2cc(Cl)ccc2CN1c1cccnc1. The molecule has 1 unspecified atom stereocenters. The molecule has 92 valence electrons. The Morgan fingerprint density at radius 1 is 1.39 bits per heavy atom. The fourth-order valence-corrected chi connectivity index (χ4v) is 2.71. The molecule has 1 aliphatic heterocycles. The lowest BCUT2D eigenvalue weighted by Gasteiger charge is -2.25. The van der Waals surface area contributed by atoms with E-state index in [-0.39, 0.29) is 6.04 Å². The maximum absolute atomic E-state index is 6.07. The molecule has 0 fully saturated rings. The summed E-state index contributed by atoms with van der Waals surface area (Å²) in [7, 11) is 0. The summed E-state index contributed by atoms with van der Waals surface area (Å²) in [4.78, 5) is 6.44. The number of nitrogens with two attached hydrogens (primary N) is 1. The van der Waals surface area contributed by atoms with Crippen molar-refractivity contribution in [3.05, 3.63) is 58.9 Å². The summed E-state index contributed by atoms with van der Waals surface area (Å²) < 4.78 is 0. The van der Waals surface area contributed by atoms with Gasteiger partial charge in [0.1, 0.15) is 0 Å². The fourth-order valence-electron chi connectivity index (χ4n) is 2.53. The summed E-state index contributed by atoms with van der Waals surface area (Å²) in [6.07, 6.45) is 3.65. The molecule has 2 aromatic rings. The maximum atomic E-state index is 6.07. The molecule has 0 aliphatic carbocycles. The van der Waals surface area contributed by atoms with Crippen LogP contribution < -0.4 is 10.6 Å². The van der Waals surface area contributed by atoms with Gasteiger partial charge in [-0.1, -0.05) is 17.7 Å². The highest BCUT2D eigenvalue weighted by Gasteiger charge is 2.29. The van der Waals surface area contributed by atoms with Gasteiger partial charge in [0.05, 0.1) is 17.9 Å². The lowest BCUT2D eigenvalue weighted by Crippen LogP contribution is -2.27. The molecule has 0 radical (unpaired) electrons. The number of fused-ring (bicyclic) bond motifs is 1. The lowest BCUT2D eigenvalue weighted by atomic mass is 10.1. The third-order valence-corrected chi connectivity index (χ3v) is 3.62. The average Bonchev–Trinajstić information content (AvgIpc) is 2.77. The standard InChI is InChI=1S/C14H14ClN3/c15-11-4-3-10-9-18(12-2-1-5-17-8-12)14(7-16)13(10)6-11/h1-6,8,14H,7,9,16H2. The van der Waals surface area contributed by atoms with E-state index < -0.39 is 0 Å². The first-order valence-electron chi connectivity index (χ1n) is 5.94. The molecule has 3 rings (SSSR count). The minimum atomic E-state index is 0.183. The molecule has 1 aromatic heterocycles. The van der Waals surface area contributed by atoms with Gasteiger partial charge in [0, 0.05) is 24.3 Å². The number of hydrogen-bond donors (Lipinski definition) is 1. The van der Waals surface area contributed by atoms with Gasteiger partial charge in [-0.3, -0.25) is 4.98 Å². The van der Waals surface area contributed by atoms with Crippen molar-refractivity contribution in [1.82, 2.24) is 4.98 Å². The number of hydrogen-bond acceptors (Lipinski definition) is 3. The minimum absolute atomic E-state index is 0.183. The predicted molar refractivity (Wildman–Crippen MR) is 73.7 cm³/mol. The zero-order chi connectivity index (χ0) is 12.5. The van der Waals surface area contributed by atoms with Gasteiger partial charge in [-0.15, -0.1) is 0 Å². The number of anilines is 1. The van der Waals surface area contributed by atoms with Gasteiger partial charge >= 0.3 is 0 Å². The number of rotatable bonds is 2. The monoisotopic (exact) mass is 259 g/mol. The average molecular weight is 260 g/mol. The highest BCUT2D eigenvalue weighted by Crippen LogP contribution is 2.37. The van der Waals surface area contributed by atoms with E-state index in [9.17, 15) is 0 Å². The van der Waals surface area contributed by atoms with Crippen LogP contribution in [0.5, 0.6) is 0 Å². The van der Waals surface area contributed by atoms with Gasteiger partial charge < -0.3 is 10.6 Å². The van der Waals surface area contributed by atoms with E-state index in [1.807, 2.05) is 24.4 Å². The molecule has 4 heteroatoms. The van der Waals surface area contributed by atoms with Gasteiger partial charge in [0.25, 0.3) is 0 Å². The zero-order valence-corrected chi connectivity index (χ0v) is 10.6. The first kappa shape index (κ1) is 11.5. The molecule has 2 N–H and O–H groups in total. The van der Waals surface area contributed by atoms with Gasteiger partial charge in [0.2, 0.25) is 0 Å². The van der Waals surface area contributed by atoms with Crippen molar-refractivity contribution in [3.63, 3.8) is 0 Å². The van der Waals surface area contributed by atoms with E-state index in [0.717, 1.165) is 17.3 Å². The summed E-state index contributed by atoms with van der Waals surface area (Å²) >= 11 is 6.07. The summed E-state index contributed by atoms with van der Waals surface area (Å²) in [6, 6.07) is 10.2. The molecule has 1 aliphatic rings. The van der Waals surface area contributed by atoms with Crippen molar-refractivity contribution >= 4 is 17.3 Å². The van der Waals surface area contributed by atoms with Gasteiger partial charge in [-0.25, -0.2) is 0 Å². The Hall–Kier alpha value is -1.58. The Morgan fingerprint density at radius 2 is 2.28 bits per heavy atom. The van der Waals surface area contributed by atoms with Gasteiger partial charge in [0.15, 0.2) is 0 Å². The summed E-state index contributed by atoms with van der Waals surface area (Å²) in [5, 5.41) is 0.764. The molecule has 1 aromatic carbocycles. The fraction of sp³-hybridized carbons (Fsp3) is 0.214. The second kappa shape index (κ2) is 4.59. The molecule has 0 saturated carbocycles. The minimum Gasteiger partial charge on any atom is -0.358 e. The second-order valence-electron chi connectivity index (χ2n) is 4.43. The summed E-state index contributed by atoms with van der Waals surface area (Å²) in [6.45, 7) is 1.43. The molecule has 0 amide bonds. The number of halogens is 1. The van der Waals surface area contributed by atoms with E-state index in [4.69, 9.17) is 17.3 Å². The van der Waals surface area contributed by atoms with E-state index in [1.54, 1.807) is 6.20 Å². The third-order valence-electron chi connectivity index (χ3n) is 3.38. The Bertz CT molecular complexity index is 556. The number of aromatic nitrogens is 1. The highest BCUT2D eigenvalue weighted by molar-refractivity contribution is 6.30. The van der Waals surface area contributed by atoms with Crippen molar-refractivity contribution in [2.24, 2.45) is 5.73 Å². The van der Waals surface area contributed by atoms with Crippen LogP contribution in [0.1, 0.15) is 17.2 Å². The summed E-state index contributed by atoms with van der Waals surface area (Å²) in [5.74, 6) is 0. The Morgan fingerprint density at radius 3 is 3.00 bits per heavy atom. The van der Waals surface area contributed by atoms with Gasteiger partial charge in [-0.2, -0.15) is 0 Å². The molecule has 0 bridgehead atoms. The van der Waals surface area contributed by atoms with E-state index >= 15 is 0 Å². The molecule has 18 heavy (non-hydrogen) atoms. The lowest BCUT2D eigenvalue weighted by molar-refractivity contribution is 0.678. The molecule has 1 atom stereocenters. The summed E-state index contributed by atoms with van der Waals surface area (Å²) in [5.41, 5.74) is 9.54. The van der Waals surface area contributed by atoms with E-state index in [2.05, 4.69) is 22.0 Å². The smallest absolute Gasteiger partial charge is 0.0672 e. The maximum Gasteiger partial charge on any atom is 0.0672 e. The molecule has 3 nitrogen and oxygen atoms in total. The number of benzene rings is 1. The van der Waals surface area contributed by atoms with Crippen LogP contribution in [0.4, 0.5) is 5.69 Å². The van der Waals surface area contributed by atoms with Crippen LogP contribution in [0.2, 0.25) is 5.02 Å². The normalized spacial score (nSPS) is 17.9. The second-order valence-corrected chi connectivity index (χ2v) is 4.87. The Kier molecular flexibility index (Phi) is 2.94. The van der Waals surface area contributed by atoms with Crippen LogP contribution in [-0.2, 0) is 6.54 Å². The van der Waals surface area contributed by atoms with Crippen molar-refractivity contribution in [2.45, 2.75) is 12.6 Å². The van der Waals surface area contributed by atoms with E-state index in [1.165, 1.54) is 11.1 Å². The molecular formula is C14H14ClN3. The van der Waals surface area contributed by atoms with Crippen molar-refractivity contribution in [3.8, 4) is 0 Å². The van der Waals surface area contributed by atoms with Crippen LogP contribution in [0.3, 0.4) is 0 Å². The third kappa shape index (κ3) is 1.85. The molecule has 0 spiro atoms. The number of nitrogens with zero attached hydrogens (tertiary/aromatic N) is 2. The first-order chi connectivity index (χ1) is 8.79. The van der Waals surface area contributed by atoms with Crippen LogP contribution in [0, 0.1) is 0 Å². The Balaban J connectivity index is 2.02. The van der Waals surface area contributed by atoms with Crippen LogP contribution >= 0.6 is 11.6 Å². The van der Waals surface area contributed by atoms with Crippen molar-refractivity contribution < 1.29 is 0 Å². The van der Waals surface area contributed by atoms with Crippen LogP contribution in [0.15, 0.2) is 42.7 Å². The van der Waals surface area contributed by atoms with Crippen LogP contribution in [0.25, 0.3) is 0 Å².